The van der Waals surface area contributed by atoms with Gasteiger partial charge in [-0.05, 0) is 30.7 Å². The average molecular weight is 345 g/mol. The van der Waals surface area contributed by atoms with Crippen LogP contribution in [0.3, 0.4) is 0 Å². The molecule has 0 unspecified atom stereocenters. The summed E-state index contributed by atoms with van der Waals surface area (Å²) in [6.45, 7) is 0.298. The van der Waals surface area contributed by atoms with E-state index in [1.807, 2.05) is 0 Å². The highest BCUT2D eigenvalue weighted by atomic mass is 19.1. The lowest BCUT2D eigenvalue weighted by Crippen LogP contribution is -2.40. The van der Waals surface area contributed by atoms with Crippen LogP contribution in [0.5, 0.6) is 0 Å². The standard InChI is InChI=1S/C18H17F2N3O2/c19-12-6-7-14(13(20)9-12)22-15-3-1-2-4-16(15)23-18(25)11-5-8-17(24)21-10-11/h1-4,6-7,9,11,22H,5,8,10H2,(H,21,24)(H,23,25)/t11-/m0/s1. The van der Waals surface area contributed by atoms with Gasteiger partial charge < -0.3 is 16.0 Å². The summed E-state index contributed by atoms with van der Waals surface area (Å²) in [5.41, 5.74) is 1.07. The van der Waals surface area contributed by atoms with E-state index in [9.17, 15) is 18.4 Å². The Balaban J connectivity index is 1.74. The number of para-hydroxylation sites is 2. The van der Waals surface area contributed by atoms with Crippen LogP contribution in [0.15, 0.2) is 42.5 Å². The molecule has 0 aromatic heterocycles. The summed E-state index contributed by atoms with van der Waals surface area (Å²) in [6, 6.07) is 10.1. The zero-order chi connectivity index (χ0) is 17.8. The van der Waals surface area contributed by atoms with Crippen molar-refractivity contribution >= 4 is 28.9 Å². The zero-order valence-corrected chi connectivity index (χ0v) is 13.3. The fourth-order valence-corrected chi connectivity index (χ4v) is 2.63. The van der Waals surface area contributed by atoms with E-state index < -0.39 is 11.6 Å². The van der Waals surface area contributed by atoms with Crippen LogP contribution >= 0.6 is 0 Å². The maximum Gasteiger partial charge on any atom is 0.229 e. The van der Waals surface area contributed by atoms with E-state index in [-0.39, 0.29) is 23.4 Å². The Morgan fingerprint density at radius 3 is 2.52 bits per heavy atom. The van der Waals surface area contributed by atoms with Crippen LogP contribution in [0.1, 0.15) is 12.8 Å². The molecule has 0 radical (unpaired) electrons. The molecule has 2 aromatic rings. The van der Waals surface area contributed by atoms with E-state index in [1.54, 1.807) is 24.3 Å². The van der Waals surface area contributed by atoms with Gasteiger partial charge in [-0.2, -0.15) is 0 Å². The second-order valence-corrected chi connectivity index (χ2v) is 5.82. The number of hydrogen-bond acceptors (Lipinski definition) is 3. The maximum absolute atomic E-state index is 13.8. The maximum atomic E-state index is 13.8. The summed E-state index contributed by atoms with van der Waals surface area (Å²) in [4.78, 5) is 23.6. The SMILES string of the molecule is O=C1CC[C@H](C(=O)Nc2ccccc2Nc2ccc(F)cc2F)CN1. The molecule has 1 aliphatic rings. The molecule has 3 rings (SSSR count). The lowest BCUT2D eigenvalue weighted by Gasteiger charge is -2.22. The van der Waals surface area contributed by atoms with Gasteiger partial charge in [0.1, 0.15) is 11.6 Å². The Hall–Kier alpha value is -2.96. The van der Waals surface area contributed by atoms with Gasteiger partial charge in [-0.1, -0.05) is 12.1 Å². The minimum Gasteiger partial charge on any atom is -0.355 e. The number of anilines is 3. The van der Waals surface area contributed by atoms with Crippen LogP contribution in [0.4, 0.5) is 25.8 Å². The third kappa shape index (κ3) is 4.12. The van der Waals surface area contributed by atoms with Crippen molar-refractivity contribution in [1.82, 2.24) is 5.32 Å². The molecule has 130 valence electrons. The van der Waals surface area contributed by atoms with Crippen molar-refractivity contribution in [1.29, 1.82) is 0 Å². The molecule has 0 bridgehead atoms. The van der Waals surface area contributed by atoms with Gasteiger partial charge >= 0.3 is 0 Å². The Morgan fingerprint density at radius 1 is 1.08 bits per heavy atom. The van der Waals surface area contributed by atoms with Gasteiger partial charge in [-0.25, -0.2) is 8.78 Å². The van der Waals surface area contributed by atoms with Gasteiger partial charge in [0.15, 0.2) is 0 Å². The minimum absolute atomic E-state index is 0.0575. The molecule has 25 heavy (non-hydrogen) atoms. The fourth-order valence-electron chi connectivity index (χ4n) is 2.63. The number of carbonyl (C=O) groups is 2. The van der Waals surface area contributed by atoms with E-state index >= 15 is 0 Å². The molecule has 1 aliphatic heterocycles. The normalized spacial score (nSPS) is 16.9. The molecule has 3 N–H and O–H groups in total. The van der Waals surface area contributed by atoms with Crippen molar-refractivity contribution in [3.05, 3.63) is 54.1 Å². The number of benzene rings is 2. The number of piperidine rings is 1. The third-order valence-corrected chi connectivity index (χ3v) is 4.02. The highest BCUT2D eigenvalue weighted by molar-refractivity contribution is 5.97. The second kappa shape index (κ2) is 7.29. The van der Waals surface area contributed by atoms with Crippen LogP contribution in [0, 0.1) is 17.6 Å². The van der Waals surface area contributed by atoms with Gasteiger partial charge in [0.05, 0.1) is 23.0 Å². The topological polar surface area (TPSA) is 70.2 Å². The van der Waals surface area contributed by atoms with Crippen molar-refractivity contribution in [2.24, 2.45) is 5.92 Å². The number of halogens is 2. The van der Waals surface area contributed by atoms with Crippen molar-refractivity contribution < 1.29 is 18.4 Å². The smallest absolute Gasteiger partial charge is 0.229 e. The molecule has 2 amide bonds. The summed E-state index contributed by atoms with van der Waals surface area (Å²) in [5, 5.41) is 8.32. The van der Waals surface area contributed by atoms with Crippen LogP contribution in [-0.2, 0) is 9.59 Å². The molecule has 1 saturated heterocycles. The van der Waals surface area contributed by atoms with E-state index in [4.69, 9.17) is 0 Å². The highest BCUT2D eigenvalue weighted by Crippen LogP contribution is 2.28. The summed E-state index contributed by atoms with van der Waals surface area (Å²) in [5.74, 6) is -1.97. The zero-order valence-electron chi connectivity index (χ0n) is 13.3. The Bertz CT molecular complexity index is 801. The van der Waals surface area contributed by atoms with Gasteiger partial charge in [0.2, 0.25) is 11.8 Å². The van der Waals surface area contributed by atoms with Gasteiger partial charge in [-0.15, -0.1) is 0 Å². The molecule has 5 nitrogen and oxygen atoms in total. The average Bonchev–Trinajstić information content (AvgIpc) is 2.59. The number of hydrogen-bond donors (Lipinski definition) is 3. The first-order valence-electron chi connectivity index (χ1n) is 7.91. The number of carbonyl (C=O) groups excluding carboxylic acids is 2. The predicted octanol–water partition coefficient (Wildman–Crippen LogP) is 3.17. The molecule has 1 heterocycles. The monoisotopic (exact) mass is 345 g/mol. The first-order valence-corrected chi connectivity index (χ1v) is 7.91. The lowest BCUT2D eigenvalue weighted by molar-refractivity contribution is -0.126. The number of nitrogens with one attached hydrogen (secondary N) is 3. The molecular formula is C18H17F2N3O2. The fraction of sp³-hybridized carbons (Fsp3) is 0.222. The largest absolute Gasteiger partial charge is 0.355 e. The Morgan fingerprint density at radius 2 is 1.84 bits per heavy atom. The molecule has 1 fully saturated rings. The van der Waals surface area contributed by atoms with Crippen molar-refractivity contribution in [2.45, 2.75) is 12.8 Å². The molecular weight excluding hydrogens is 328 g/mol. The number of rotatable bonds is 4. The van der Waals surface area contributed by atoms with E-state index in [1.165, 1.54) is 6.07 Å². The van der Waals surface area contributed by atoms with E-state index in [0.29, 0.717) is 30.8 Å². The molecule has 0 saturated carbocycles. The van der Waals surface area contributed by atoms with Gasteiger partial charge in [-0.3, -0.25) is 9.59 Å². The van der Waals surface area contributed by atoms with Crippen molar-refractivity contribution in [3.63, 3.8) is 0 Å². The lowest BCUT2D eigenvalue weighted by atomic mass is 9.98. The highest BCUT2D eigenvalue weighted by Gasteiger charge is 2.24. The van der Waals surface area contributed by atoms with Crippen LogP contribution in [0.2, 0.25) is 0 Å². The summed E-state index contributed by atoms with van der Waals surface area (Å²) >= 11 is 0. The molecule has 0 aliphatic carbocycles. The first-order chi connectivity index (χ1) is 12.0. The Kier molecular flexibility index (Phi) is 4.92. The van der Waals surface area contributed by atoms with Crippen molar-refractivity contribution in [3.8, 4) is 0 Å². The molecule has 7 heteroatoms. The quantitative estimate of drug-likeness (QED) is 0.797. The van der Waals surface area contributed by atoms with Gasteiger partial charge in [0, 0.05) is 19.0 Å². The Labute approximate surface area is 143 Å². The summed E-state index contributed by atoms with van der Waals surface area (Å²) < 4.78 is 26.8. The second-order valence-electron chi connectivity index (χ2n) is 5.82. The van der Waals surface area contributed by atoms with E-state index in [0.717, 1.165) is 12.1 Å². The van der Waals surface area contributed by atoms with Crippen LogP contribution in [0.25, 0.3) is 0 Å². The molecule has 0 spiro atoms. The van der Waals surface area contributed by atoms with Crippen LogP contribution < -0.4 is 16.0 Å². The molecule has 1 atom stereocenters. The minimum atomic E-state index is -0.726. The molecule has 2 aromatic carbocycles. The van der Waals surface area contributed by atoms with Crippen LogP contribution in [-0.4, -0.2) is 18.4 Å². The van der Waals surface area contributed by atoms with Gasteiger partial charge in [0.25, 0.3) is 0 Å². The summed E-state index contributed by atoms with van der Waals surface area (Å²) in [7, 11) is 0. The third-order valence-electron chi connectivity index (χ3n) is 4.02. The first kappa shape index (κ1) is 16.9. The predicted molar refractivity (Wildman–Crippen MR) is 90.4 cm³/mol. The summed E-state index contributed by atoms with van der Waals surface area (Å²) in [6.07, 6.45) is 0.804. The van der Waals surface area contributed by atoms with E-state index in [2.05, 4.69) is 16.0 Å². The number of amides is 2. The van der Waals surface area contributed by atoms with Crippen molar-refractivity contribution in [2.75, 3.05) is 17.2 Å².